The molecule has 8 nitrogen and oxygen atoms in total. The highest BCUT2D eigenvalue weighted by Crippen LogP contribution is 2.32. The molecule has 3 aromatic rings. The summed E-state index contributed by atoms with van der Waals surface area (Å²) >= 11 is 6.95. The normalized spacial score (nSPS) is 11.3. The summed E-state index contributed by atoms with van der Waals surface area (Å²) in [4.78, 5) is 23.7. The molecule has 33 heavy (non-hydrogen) atoms. The van der Waals surface area contributed by atoms with E-state index in [1.165, 1.54) is 6.08 Å². The molecule has 0 fully saturated rings. The van der Waals surface area contributed by atoms with E-state index in [9.17, 15) is 14.7 Å². The van der Waals surface area contributed by atoms with Crippen LogP contribution in [0.15, 0.2) is 58.6 Å². The molecule has 0 unspecified atom stereocenters. The zero-order chi connectivity index (χ0) is 23.8. The highest BCUT2D eigenvalue weighted by atomic mass is 35.5. The second kappa shape index (κ2) is 11.5. The van der Waals surface area contributed by atoms with Crippen molar-refractivity contribution in [2.45, 2.75) is 25.5 Å². The Morgan fingerprint density at radius 2 is 1.85 bits per heavy atom. The predicted octanol–water partition coefficient (Wildman–Crippen LogP) is 4.78. The van der Waals surface area contributed by atoms with Crippen molar-refractivity contribution in [3.63, 3.8) is 0 Å². The van der Waals surface area contributed by atoms with Gasteiger partial charge in [0.1, 0.15) is 10.7 Å². The smallest absolute Gasteiger partial charge is 0.344 e. The van der Waals surface area contributed by atoms with Gasteiger partial charge in [0, 0.05) is 22.7 Å². The third-order valence-corrected chi connectivity index (χ3v) is 5.65. The monoisotopic (exact) mass is 487 g/mol. The van der Waals surface area contributed by atoms with Crippen molar-refractivity contribution in [2.24, 2.45) is 0 Å². The SMILES string of the molecule is CCOC(=O)COc1ccccc1/C=C(\Sc1nnc(-c2ccc(Cl)cc2)n1CC)C(=O)O. The number of hydrogen-bond acceptors (Lipinski definition) is 7. The van der Waals surface area contributed by atoms with Crippen LogP contribution in [0.5, 0.6) is 5.75 Å². The van der Waals surface area contributed by atoms with Gasteiger partial charge >= 0.3 is 11.9 Å². The van der Waals surface area contributed by atoms with Gasteiger partial charge in [-0.05, 0) is 62.0 Å². The number of hydrogen-bond donors (Lipinski definition) is 1. The van der Waals surface area contributed by atoms with Gasteiger partial charge in [0.2, 0.25) is 0 Å². The number of esters is 1. The molecular formula is C23H22ClN3O5S. The van der Waals surface area contributed by atoms with Gasteiger partial charge in [0.15, 0.2) is 17.6 Å². The first kappa shape index (κ1) is 24.3. The largest absolute Gasteiger partial charge is 0.481 e. The minimum atomic E-state index is -1.13. The zero-order valence-electron chi connectivity index (χ0n) is 18.0. The molecule has 3 rings (SSSR count). The molecule has 0 saturated heterocycles. The van der Waals surface area contributed by atoms with Gasteiger partial charge in [-0.1, -0.05) is 29.8 Å². The third-order valence-electron chi connectivity index (χ3n) is 4.40. The van der Waals surface area contributed by atoms with Gasteiger partial charge in [0.25, 0.3) is 0 Å². The molecular weight excluding hydrogens is 466 g/mol. The fourth-order valence-electron chi connectivity index (χ4n) is 2.91. The average Bonchev–Trinajstić information content (AvgIpc) is 3.21. The number of para-hydroxylation sites is 1. The van der Waals surface area contributed by atoms with Gasteiger partial charge in [-0.25, -0.2) is 9.59 Å². The molecule has 2 aromatic carbocycles. The number of aliphatic carboxylic acids is 1. The molecule has 0 saturated carbocycles. The second-order valence-electron chi connectivity index (χ2n) is 6.60. The summed E-state index contributed by atoms with van der Waals surface area (Å²) < 4.78 is 12.2. The summed E-state index contributed by atoms with van der Waals surface area (Å²) in [6, 6.07) is 14.0. The lowest BCUT2D eigenvalue weighted by Crippen LogP contribution is -2.15. The van der Waals surface area contributed by atoms with E-state index in [4.69, 9.17) is 21.1 Å². The molecule has 0 radical (unpaired) electrons. The number of nitrogens with zero attached hydrogens (tertiary/aromatic N) is 3. The van der Waals surface area contributed by atoms with Gasteiger partial charge in [-0.2, -0.15) is 0 Å². The van der Waals surface area contributed by atoms with Crippen molar-refractivity contribution >= 4 is 41.4 Å². The number of benzene rings is 2. The number of ether oxygens (including phenoxy) is 2. The number of aromatic nitrogens is 3. The summed E-state index contributed by atoms with van der Waals surface area (Å²) in [6.45, 7) is 4.15. The maximum Gasteiger partial charge on any atom is 0.344 e. The lowest BCUT2D eigenvalue weighted by Gasteiger charge is -2.10. The van der Waals surface area contributed by atoms with Crippen LogP contribution in [-0.4, -0.2) is 45.0 Å². The first-order valence-corrected chi connectivity index (χ1v) is 11.3. The van der Waals surface area contributed by atoms with Crippen molar-refractivity contribution in [2.75, 3.05) is 13.2 Å². The fourth-order valence-corrected chi connectivity index (χ4v) is 3.91. The summed E-state index contributed by atoms with van der Waals surface area (Å²) in [6.07, 6.45) is 1.48. The van der Waals surface area contributed by atoms with Crippen LogP contribution in [0.2, 0.25) is 5.02 Å². The Balaban J connectivity index is 1.89. The van der Waals surface area contributed by atoms with E-state index in [-0.39, 0.29) is 18.1 Å². The third kappa shape index (κ3) is 6.36. The fraction of sp³-hybridized carbons (Fsp3) is 0.217. The van der Waals surface area contributed by atoms with Crippen molar-refractivity contribution < 1.29 is 24.2 Å². The molecule has 0 aliphatic carbocycles. The van der Waals surface area contributed by atoms with Gasteiger partial charge in [0.05, 0.1) is 6.61 Å². The average molecular weight is 488 g/mol. The molecule has 1 N–H and O–H groups in total. The van der Waals surface area contributed by atoms with E-state index in [0.29, 0.717) is 33.9 Å². The Kier molecular flexibility index (Phi) is 8.51. The van der Waals surface area contributed by atoms with Crippen LogP contribution in [0.4, 0.5) is 0 Å². The molecule has 10 heteroatoms. The van der Waals surface area contributed by atoms with Gasteiger partial charge in [-0.15, -0.1) is 10.2 Å². The standard InChI is InChI=1S/C23H22ClN3O5S/c1-3-27-21(15-9-11-17(24)12-10-15)25-26-23(27)33-19(22(29)30)13-16-7-5-6-8-18(16)32-14-20(28)31-4-2/h5-13H,3-4,14H2,1-2H3,(H,29,30)/b19-13-. The first-order chi connectivity index (χ1) is 15.9. The Morgan fingerprint density at radius 3 is 2.52 bits per heavy atom. The number of halogens is 1. The number of rotatable bonds is 10. The number of carboxylic acids is 1. The summed E-state index contributed by atoms with van der Waals surface area (Å²) in [5.41, 5.74) is 1.33. The molecule has 0 spiro atoms. The summed E-state index contributed by atoms with van der Waals surface area (Å²) in [5.74, 6) is -0.655. The maximum atomic E-state index is 12.0. The minimum Gasteiger partial charge on any atom is -0.481 e. The zero-order valence-corrected chi connectivity index (χ0v) is 19.6. The van der Waals surface area contributed by atoms with E-state index in [1.54, 1.807) is 43.3 Å². The highest BCUT2D eigenvalue weighted by Gasteiger charge is 2.19. The molecule has 1 heterocycles. The van der Waals surface area contributed by atoms with Crippen LogP contribution in [0, 0.1) is 0 Å². The van der Waals surface area contributed by atoms with E-state index in [1.807, 2.05) is 23.6 Å². The number of carbonyl (C=O) groups is 2. The van der Waals surface area contributed by atoms with Crippen LogP contribution in [0.3, 0.4) is 0 Å². The molecule has 172 valence electrons. The molecule has 1 aromatic heterocycles. The Labute approximate surface area is 200 Å². The van der Waals surface area contributed by atoms with Crippen molar-refractivity contribution in [3.05, 3.63) is 64.0 Å². The van der Waals surface area contributed by atoms with Gasteiger partial charge < -0.3 is 19.1 Å². The topological polar surface area (TPSA) is 104 Å². The molecule has 0 atom stereocenters. The van der Waals surface area contributed by atoms with Crippen molar-refractivity contribution in [1.29, 1.82) is 0 Å². The number of carboxylic acid groups (broad SMARTS) is 1. The Morgan fingerprint density at radius 1 is 1.12 bits per heavy atom. The second-order valence-corrected chi connectivity index (χ2v) is 8.05. The lowest BCUT2D eigenvalue weighted by atomic mass is 10.2. The maximum absolute atomic E-state index is 12.0. The molecule has 0 aliphatic heterocycles. The minimum absolute atomic E-state index is 0.0203. The van der Waals surface area contributed by atoms with E-state index < -0.39 is 11.9 Å². The Bertz CT molecular complexity index is 1160. The number of carbonyl (C=O) groups excluding carboxylic acids is 1. The highest BCUT2D eigenvalue weighted by molar-refractivity contribution is 8.04. The van der Waals surface area contributed by atoms with Crippen LogP contribution in [-0.2, 0) is 20.9 Å². The van der Waals surface area contributed by atoms with Crippen LogP contribution in [0.1, 0.15) is 19.4 Å². The van der Waals surface area contributed by atoms with Crippen molar-refractivity contribution in [3.8, 4) is 17.1 Å². The van der Waals surface area contributed by atoms with Crippen LogP contribution in [0.25, 0.3) is 17.5 Å². The van der Waals surface area contributed by atoms with E-state index in [2.05, 4.69) is 10.2 Å². The summed E-state index contributed by atoms with van der Waals surface area (Å²) in [5, 5.41) is 19.3. The van der Waals surface area contributed by atoms with E-state index >= 15 is 0 Å². The van der Waals surface area contributed by atoms with E-state index in [0.717, 1.165) is 17.3 Å². The van der Waals surface area contributed by atoms with Crippen LogP contribution >= 0.6 is 23.4 Å². The lowest BCUT2D eigenvalue weighted by molar-refractivity contribution is -0.145. The molecule has 0 bridgehead atoms. The quantitative estimate of drug-likeness (QED) is 0.247. The van der Waals surface area contributed by atoms with Crippen molar-refractivity contribution in [1.82, 2.24) is 14.8 Å². The predicted molar refractivity (Wildman–Crippen MR) is 126 cm³/mol. The van der Waals surface area contributed by atoms with Crippen LogP contribution < -0.4 is 4.74 Å². The number of thioether (sulfide) groups is 1. The van der Waals surface area contributed by atoms with Gasteiger partial charge in [-0.3, -0.25) is 0 Å². The molecule has 0 amide bonds. The summed E-state index contributed by atoms with van der Waals surface area (Å²) in [7, 11) is 0. The first-order valence-electron chi connectivity index (χ1n) is 10.1. The molecule has 0 aliphatic rings. The Hall–Kier alpha value is -3.30.